The predicted molar refractivity (Wildman–Crippen MR) is 148 cm³/mol. The molecule has 0 bridgehead atoms. The molecule has 6 heteroatoms. The Kier molecular flexibility index (Phi) is 7.13. The fourth-order valence-corrected chi connectivity index (χ4v) is 5.13. The Morgan fingerprint density at radius 2 is 0.973 bits per heavy atom. The van der Waals surface area contributed by atoms with E-state index in [-0.39, 0.29) is 24.7 Å². The summed E-state index contributed by atoms with van der Waals surface area (Å²) in [4.78, 5) is 0. The van der Waals surface area contributed by atoms with E-state index < -0.39 is 5.41 Å². The monoisotopic (exact) mass is 530 g/mol. The molecule has 37 heavy (non-hydrogen) atoms. The van der Waals surface area contributed by atoms with Gasteiger partial charge < -0.3 is 19.7 Å². The molecule has 4 nitrogen and oxygen atoms in total. The summed E-state index contributed by atoms with van der Waals surface area (Å²) in [6.45, 7) is -0.00877. The van der Waals surface area contributed by atoms with E-state index in [1.807, 2.05) is 24.3 Å². The second kappa shape index (κ2) is 10.6. The van der Waals surface area contributed by atoms with Crippen LogP contribution in [-0.2, 0) is 5.41 Å². The van der Waals surface area contributed by atoms with Crippen LogP contribution in [0.25, 0.3) is 11.1 Å². The van der Waals surface area contributed by atoms with Crippen molar-refractivity contribution in [1.29, 1.82) is 0 Å². The van der Waals surface area contributed by atoms with Crippen molar-refractivity contribution in [2.75, 3.05) is 13.2 Å². The van der Waals surface area contributed by atoms with E-state index in [0.29, 0.717) is 11.5 Å². The molecule has 2 N–H and O–H groups in total. The summed E-state index contributed by atoms with van der Waals surface area (Å²) in [7, 11) is 0. The van der Waals surface area contributed by atoms with Crippen molar-refractivity contribution in [3.05, 3.63) is 142 Å². The Morgan fingerprint density at radius 3 is 1.35 bits per heavy atom. The zero-order chi connectivity index (χ0) is 25.8. The van der Waals surface area contributed by atoms with Crippen molar-refractivity contribution in [3.63, 3.8) is 0 Å². The van der Waals surface area contributed by atoms with E-state index in [1.165, 1.54) is 22.3 Å². The number of fused-ring (bicyclic) bond motifs is 3. The van der Waals surface area contributed by atoms with E-state index in [9.17, 15) is 10.2 Å². The molecule has 0 unspecified atom stereocenters. The lowest BCUT2D eigenvalue weighted by Gasteiger charge is -2.34. The molecule has 4 aromatic rings. The van der Waals surface area contributed by atoms with Gasteiger partial charge >= 0.3 is 0 Å². The minimum atomic E-state index is -0.569. The van der Waals surface area contributed by atoms with Crippen LogP contribution in [0.3, 0.4) is 0 Å². The zero-order valence-corrected chi connectivity index (χ0v) is 21.3. The fourth-order valence-electron chi connectivity index (χ4n) is 5.00. The lowest BCUT2D eigenvalue weighted by atomic mass is 9.68. The minimum Gasteiger partial charge on any atom is -0.508 e. The molecular weight excluding hydrogens is 507 g/mol. The van der Waals surface area contributed by atoms with Crippen molar-refractivity contribution < 1.29 is 19.7 Å². The molecule has 0 heterocycles. The molecule has 0 amide bonds. The molecule has 0 radical (unpaired) electrons. The van der Waals surface area contributed by atoms with E-state index in [0.717, 1.165) is 22.2 Å². The molecule has 1 aliphatic carbocycles. The average Bonchev–Trinajstić information content (AvgIpc) is 3.26. The van der Waals surface area contributed by atoms with Crippen LogP contribution in [-0.4, -0.2) is 23.4 Å². The summed E-state index contributed by atoms with van der Waals surface area (Å²) in [6, 6.07) is 32.8. The molecule has 4 aromatic carbocycles. The number of aliphatic hydroxyl groups excluding tert-OH is 2. The Hall–Kier alpha value is -3.86. The van der Waals surface area contributed by atoms with Crippen LogP contribution in [0.5, 0.6) is 11.5 Å². The standard InChI is InChI=1S/C31H24Cl2O4/c32-17-23(34)19-36-25-13-9-21(10-14-25)31(22-11-15-26(16-12-22)37-20-24(35)18-33)29-7-3-1-5-27(29)28-6-2-4-8-30(28)31/h1-18,34-35H,19-20H2/b23-17-,24-18-. The van der Waals surface area contributed by atoms with Crippen LogP contribution in [0.1, 0.15) is 22.3 Å². The van der Waals surface area contributed by atoms with Gasteiger partial charge in [0.15, 0.2) is 0 Å². The van der Waals surface area contributed by atoms with Gasteiger partial charge in [-0.25, -0.2) is 0 Å². The van der Waals surface area contributed by atoms with Gasteiger partial charge in [-0.05, 0) is 57.6 Å². The topological polar surface area (TPSA) is 58.9 Å². The third-order valence-electron chi connectivity index (χ3n) is 6.55. The van der Waals surface area contributed by atoms with Crippen molar-refractivity contribution in [3.8, 4) is 22.6 Å². The summed E-state index contributed by atoms with van der Waals surface area (Å²) in [5.74, 6) is 1.16. The van der Waals surface area contributed by atoms with Crippen LogP contribution in [0, 0.1) is 0 Å². The molecule has 5 rings (SSSR count). The van der Waals surface area contributed by atoms with Gasteiger partial charge in [0, 0.05) is 11.1 Å². The van der Waals surface area contributed by atoms with Gasteiger partial charge in [-0.2, -0.15) is 0 Å². The quantitative estimate of drug-likeness (QED) is 0.199. The first-order valence-corrected chi connectivity index (χ1v) is 12.6. The highest BCUT2D eigenvalue weighted by atomic mass is 35.5. The maximum atomic E-state index is 9.63. The smallest absolute Gasteiger partial charge is 0.146 e. The zero-order valence-electron chi connectivity index (χ0n) is 19.8. The highest BCUT2D eigenvalue weighted by molar-refractivity contribution is 6.25. The first kappa shape index (κ1) is 24.8. The molecule has 186 valence electrons. The maximum Gasteiger partial charge on any atom is 0.146 e. The van der Waals surface area contributed by atoms with E-state index in [2.05, 4.69) is 72.8 Å². The molecule has 0 aliphatic heterocycles. The molecule has 1 aliphatic rings. The minimum absolute atomic E-state index is 0.00438. The van der Waals surface area contributed by atoms with E-state index in [1.54, 1.807) is 0 Å². The van der Waals surface area contributed by atoms with Gasteiger partial charge in [-0.15, -0.1) is 0 Å². The number of rotatable bonds is 8. The Labute approximate surface area is 225 Å². The highest BCUT2D eigenvalue weighted by Gasteiger charge is 2.45. The van der Waals surface area contributed by atoms with Gasteiger partial charge in [-0.3, -0.25) is 0 Å². The summed E-state index contributed by atoms with van der Waals surface area (Å²) < 4.78 is 11.3. The van der Waals surface area contributed by atoms with Gasteiger partial charge in [-0.1, -0.05) is 96.0 Å². The summed E-state index contributed by atoms with van der Waals surface area (Å²) >= 11 is 11.1. The largest absolute Gasteiger partial charge is 0.508 e. The van der Waals surface area contributed by atoms with Crippen LogP contribution in [0.15, 0.2) is 120 Å². The van der Waals surface area contributed by atoms with Crippen molar-refractivity contribution in [2.45, 2.75) is 5.41 Å². The summed E-state index contributed by atoms with van der Waals surface area (Å²) in [5, 5.41) is 19.3. The highest BCUT2D eigenvalue weighted by Crippen LogP contribution is 2.56. The Balaban J connectivity index is 1.64. The lowest BCUT2D eigenvalue weighted by Crippen LogP contribution is -2.28. The molecule has 0 fully saturated rings. The van der Waals surface area contributed by atoms with E-state index in [4.69, 9.17) is 32.7 Å². The first-order chi connectivity index (χ1) is 18.1. The maximum absolute atomic E-state index is 9.63. The number of hydrogen-bond acceptors (Lipinski definition) is 4. The van der Waals surface area contributed by atoms with Gasteiger partial charge in [0.05, 0.1) is 5.41 Å². The number of hydrogen-bond donors (Lipinski definition) is 2. The lowest BCUT2D eigenvalue weighted by molar-refractivity contribution is 0.271. The van der Waals surface area contributed by atoms with Gasteiger partial charge in [0.25, 0.3) is 0 Å². The van der Waals surface area contributed by atoms with Crippen LogP contribution in [0.2, 0.25) is 0 Å². The van der Waals surface area contributed by atoms with Gasteiger partial charge in [0.1, 0.15) is 36.2 Å². The van der Waals surface area contributed by atoms with Crippen molar-refractivity contribution >= 4 is 23.2 Å². The summed E-state index contributed by atoms with van der Waals surface area (Å²) in [5.41, 5.74) is 8.51. The number of ether oxygens (including phenoxy) is 2. The van der Waals surface area contributed by atoms with Crippen molar-refractivity contribution in [1.82, 2.24) is 0 Å². The second-order valence-corrected chi connectivity index (χ2v) is 9.10. The Morgan fingerprint density at radius 1 is 0.595 bits per heavy atom. The predicted octanol–water partition coefficient (Wildman–Crippen LogP) is 8.08. The SMILES string of the molecule is O/C(=C\Cl)COc1ccc(C2(c3ccc(OC/C(O)=C/Cl)cc3)c3ccccc3-c3ccccc32)cc1. The molecule has 0 saturated carbocycles. The van der Waals surface area contributed by atoms with Crippen LogP contribution < -0.4 is 9.47 Å². The molecule has 0 spiro atoms. The third-order valence-corrected chi connectivity index (χ3v) is 7.06. The summed E-state index contributed by atoms with van der Waals surface area (Å²) in [6.07, 6.45) is 0. The number of aliphatic hydroxyl groups is 2. The Bertz CT molecular complexity index is 1340. The number of benzene rings is 4. The number of halogens is 2. The molecule has 0 aromatic heterocycles. The normalized spacial score (nSPS) is 14.1. The third kappa shape index (κ3) is 4.55. The second-order valence-electron chi connectivity index (χ2n) is 8.67. The molecular formula is C31H24Cl2O4. The van der Waals surface area contributed by atoms with E-state index >= 15 is 0 Å². The first-order valence-electron chi connectivity index (χ1n) is 11.7. The van der Waals surface area contributed by atoms with Crippen molar-refractivity contribution in [2.24, 2.45) is 0 Å². The van der Waals surface area contributed by atoms with Gasteiger partial charge in [0.2, 0.25) is 0 Å². The molecule has 0 atom stereocenters. The fraction of sp³-hybridized carbons (Fsp3) is 0.0968. The van der Waals surface area contributed by atoms with Crippen LogP contribution >= 0.6 is 23.2 Å². The van der Waals surface area contributed by atoms with Crippen LogP contribution in [0.4, 0.5) is 0 Å². The molecule has 0 saturated heterocycles. The average molecular weight is 531 g/mol.